The fourth-order valence-electron chi connectivity index (χ4n) is 4.39. The lowest BCUT2D eigenvalue weighted by Gasteiger charge is -2.36. The highest BCUT2D eigenvalue weighted by Gasteiger charge is 2.36. The third-order valence-electron chi connectivity index (χ3n) is 5.93. The van der Waals surface area contributed by atoms with Crippen LogP contribution in [0, 0.1) is 5.82 Å². The lowest BCUT2D eigenvalue weighted by Crippen LogP contribution is -2.51. The summed E-state index contributed by atoms with van der Waals surface area (Å²) < 4.78 is 13.3. The Bertz CT molecular complexity index is 619. The summed E-state index contributed by atoms with van der Waals surface area (Å²) in [5, 5.41) is 3.29. The summed E-state index contributed by atoms with van der Waals surface area (Å²) in [6, 6.07) is 8.13. The Hall–Kier alpha value is -1.62. The van der Waals surface area contributed by atoms with Crippen molar-refractivity contribution in [3.8, 4) is 0 Å². The van der Waals surface area contributed by atoms with E-state index in [1.54, 1.807) is 12.1 Å². The van der Waals surface area contributed by atoms with E-state index in [2.05, 4.69) is 10.2 Å². The zero-order valence-corrected chi connectivity index (χ0v) is 14.8. The first kappa shape index (κ1) is 16.8. The van der Waals surface area contributed by atoms with Crippen LogP contribution in [0.2, 0.25) is 0 Å². The third-order valence-corrected chi connectivity index (χ3v) is 5.93. The number of amides is 2. The molecule has 0 spiro atoms. The summed E-state index contributed by atoms with van der Waals surface area (Å²) in [5.41, 5.74) is 0.956. The van der Waals surface area contributed by atoms with Crippen LogP contribution in [-0.2, 0) is 6.42 Å². The molecule has 4 rings (SSSR count). The normalized spacial score (nSPS) is 26.3. The van der Waals surface area contributed by atoms with Gasteiger partial charge in [-0.1, -0.05) is 12.1 Å². The quantitative estimate of drug-likeness (QED) is 0.890. The zero-order valence-electron chi connectivity index (χ0n) is 14.8. The van der Waals surface area contributed by atoms with E-state index in [9.17, 15) is 9.18 Å². The number of piperidine rings is 1. The number of hydrogen-bond donors (Lipinski definition) is 1. The third kappa shape index (κ3) is 4.14. The van der Waals surface area contributed by atoms with Gasteiger partial charge in [0.1, 0.15) is 5.82 Å². The molecular formula is C20H28FN3O. The van der Waals surface area contributed by atoms with Crippen molar-refractivity contribution in [1.82, 2.24) is 15.1 Å². The monoisotopic (exact) mass is 345 g/mol. The van der Waals surface area contributed by atoms with E-state index in [1.165, 1.54) is 25.5 Å². The Morgan fingerprint density at radius 3 is 2.92 bits per heavy atom. The van der Waals surface area contributed by atoms with Gasteiger partial charge in [0.15, 0.2) is 0 Å². The number of fused-ring (bicyclic) bond motifs is 1. The summed E-state index contributed by atoms with van der Waals surface area (Å²) >= 11 is 0. The van der Waals surface area contributed by atoms with Gasteiger partial charge in [-0.25, -0.2) is 9.18 Å². The largest absolute Gasteiger partial charge is 0.335 e. The molecule has 2 atom stereocenters. The Morgan fingerprint density at radius 2 is 2.12 bits per heavy atom. The maximum atomic E-state index is 13.3. The molecule has 3 fully saturated rings. The van der Waals surface area contributed by atoms with Gasteiger partial charge in [-0.3, -0.25) is 0 Å². The highest BCUT2D eigenvalue weighted by Crippen LogP contribution is 2.29. The minimum Gasteiger partial charge on any atom is -0.335 e. The lowest BCUT2D eigenvalue weighted by molar-refractivity contribution is 0.154. The van der Waals surface area contributed by atoms with Gasteiger partial charge in [0, 0.05) is 31.2 Å². The van der Waals surface area contributed by atoms with Crippen molar-refractivity contribution in [3.63, 3.8) is 0 Å². The number of benzene rings is 1. The zero-order chi connectivity index (χ0) is 17.2. The maximum absolute atomic E-state index is 13.3. The molecule has 0 bridgehead atoms. The highest BCUT2D eigenvalue weighted by molar-refractivity contribution is 5.75. The van der Waals surface area contributed by atoms with Crippen LogP contribution in [-0.4, -0.2) is 53.6 Å². The summed E-state index contributed by atoms with van der Waals surface area (Å²) in [6.45, 7) is 3.01. The van der Waals surface area contributed by atoms with Crippen molar-refractivity contribution in [2.24, 2.45) is 0 Å². The van der Waals surface area contributed by atoms with E-state index in [1.807, 2.05) is 11.0 Å². The number of nitrogens with zero attached hydrogens (tertiary/aromatic N) is 2. The van der Waals surface area contributed by atoms with Gasteiger partial charge in [-0.2, -0.15) is 0 Å². The van der Waals surface area contributed by atoms with Crippen LogP contribution in [0.15, 0.2) is 24.3 Å². The van der Waals surface area contributed by atoms with Gasteiger partial charge in [-0.15, -0.1) is 0 Å². The number of urea groups is 1. The molecule has 2 aliphatic heterocycles. The van der Waals surface area contributed by atoms with E-state index >= 15 is 0 Å². The van der Waals surface area contributed by atoms with E-state index in [0.29, 0.717) is 31.1 Å². The van der Waals surface area contributed by atoms with Crippen molar-refractivity contribution >= 4 is 6.03 Å². The van der Waals surface area contributed by atoms with Crippen molar-refractivity contribution in [2.75, 3.05) is 19.6 Å². The van der Waals surface area contributed by atoms with Gasteiger partial charge in [0.05, 0.1) is 0 Å². The molecular weight excluding hydrogens is 317 g/mol. The highest BCUT2D eigenvalue weighted by atomic mass is 19.1. The van der Waals surface area contributed by atoms with Gasteiger partial charge in [0.2, 0.25) is 0 Å². The average Bonchev–Trinajstić information content (AvgIpc) is 3.32. The van der Waals surface area contributed by atoms with Crippen molar-refractivity contribution in [2.45, 2.75) is 63.1 Å². The molecule has 1 aromatic carbocycles. The first-order valence-corrected chi connectivity index (χ1v) is 9.74. The summed E-state index contributed by atoms with van der Waals surface area (Å²) in [4.78, 5) is 17.4. The Labute approximate surface area is 149 Å². The SMILES string of the molecule is O=C(NC1CCN2CCCC2C1)N(CCc1cccc(F)c1)C1CC1. The van der Waals surface area contributed by atoms with Gasteiger partial charge >= 0.3 is 6.03 Å². The molecule has 1 aromatic rings. The predicted octanol–water partition coefficient (Wildman–Crippen LogP) is 3.17. The van der Waals surface area contributed by atoms with Crippen LogP contribution in [0.3, 0.4) is 0 Å². The second kappa shape index (κ2) is 7.32. The lowest BCUT2D eigenvalue weighted by atomic mass is 9.98. The second-order valence-electron chi connectivity index (χ2n) is 7.81. The molecule has 4 nitrogen and oxygen atoms in total. The Morgan fingerprint density at radius 1 is 1.24 bits per heavy atom. The van der Waals surface area contributed by atoms with E-state index < -0.39 is 0 Å². The van der Waals surface area contributed by atoms with Crippen LogP contribution in [0.5, 0.6) is 0 Å². The summed E-state index contributed by atoms with van der Waals surface area (Å²) in [6.07, 6.45) is 7.63. The average molecular weight is 345 g/mol. The fraction of sp³-hybridized carbons (Fsp3) is 0.650. The second-order valence-corrected chi connectivity index (χ2v) is 7.81. The Balaban J connectivity index is 1.32. The first-order chi connectivity index (χ1) is 12.2. The van der Waals surface area contributed by atoms with Gasteiger partial charge in [-0.05, 0) is 69.2 Å². The summed E-state index contributed by atoms with van der Waals surface area (Å²) in [7, 11) is 0. The van der Waals surface area contributed by atoms with Crippen molar-refractivity contribution in [1.29, 1.82) is 0 Å². The topological polar surface area (TPSA) is 35.6 Å². The van der Waals surface area contributed by atoms with Crippen molar-refractivity contribution < 1.29 is 9.18 Å². The fourth-order valence-corrected chi connectivity index (χ4v) is 4.39. The number of halogens is 1. The van der Waals surface area contributed by atoms with Crippen molar-refractivity contribution in [3.05, 3.63) is 35.6 Å². The molecule has 1 aliphatic carbocycles. The van der Waals surface area contributed by atoms with Gasteiger partial charge < -0.3 is 15.1 Å². The molecule has 0 radical (unpaired) electrons. The van der Waals surface area contributed by atoms with E-state index in [4.69, 9.17) is 0 Å². The van der Waals surface area contributed by atoms with E-state index in [0.717, 1.165) is 37.8 Å². The van der Waals surface area contributed by atoms with E-state index in [-0.39, 0.29) is 11.8 Å². The number of rotatable bonds is 5. The molecule has 1 saturated carbocycles. The molecule has 2 amide bonds. The first-order valence-electron chi connectivity index (χ1n) is 9.74. The molecule has 2 unspecified atom stereocenters. The van der Waals surface area contributed by atoms with Crippen LogP contribution in [0.1, 0.15) is 44.1 Å². The number of carbonyl (C=O) groups is 1. The number of nitrogens with one attached hydrogen (secondary N) is 1. The molecule has 3 aliphatic rings. The van der Waals surface area contributed by atoms with Crippen LogP contribution < -0.4 is 5.32 Å². The van der Waals surface area contributed by atoms with Crippen LogP contribution in [0.25, 0.3) is 0 Å². The van der Waals surface area contributed by atoms with Crippen LogP contribution >= 0.6 is 0 Å². The van der Waals surface area contributed by atoms with Gasteiger partial charge in [0.25, 0.3) is 0 Å². The standard InChI is InChI=1S/C20H28FN3O/c21-16-4-1-3-15(13-16)8-12-24(18-6-7-18)20(25)22-17-9-11-23-10-2-5-19(23)14-17/h1,3-4,13,17-19H,2,5-12,14H2,(H,22,25). The Kier molecular flexibility index (Phi) is 4.93. The molecule has 1 N–H and O–H groups in total. The maximum Gasteiger partial charge on any atom is 0.317 e. The molecule has 25 heavy (non-hydrogen) atoms. The molecule has 0 aromatic heterocycles. The molecule has 2 saturated heterocycles. The molecule has 5 heteroatoms. The number of carbonyl (C=O) groups excluding carboxylic acids is 1. The summed E-state index contributed by atoms with van der Waals surface area (Å²) in [5.74, 6) is -0.205. The number of hydrogen-bond acceptors (Lipinski definition) is 2. The van der Waals surface area contributed by atoms with Crippen LogP contribution in [0.4, 0.5) is 9.18 Å². The molecule has 2 heterocycles. The smallest absolute Gasteiger partial charge is 0.317 e. The predicted molar refractivity (Wildman–Crippen MR) is 96.0 cm³/mol. The minimum absolute atomic E-state index is 0.0790. The minimum atomic E-state index is -0.205. The molecule has 136 valence electrons.